The van der Waals surface area contributed by atoms with E-state index in [0.29, 0.717) is 12.3 Å². The summed E-state index contributed by atoms with van der Waals surface area (Å²) in [7, 11) is 0. The molecule has 1 aliphatic rings. The SMILES string of the molecule is CC(C)(C)CC(N)CC(=O)NCC1CCCCC1. The Labute approximate surface area is 112 Å². The molecule has 0 aliphatic heterocycles. The fraction of sp³-hybridized carbons (Fsp3) is 0.933. The molecule has 0 aromatic carbocycles. The summed E-state index contributed by atoms with van der Waals surface area (Å²) in [4.78, 5) is 11.8. The molecule has 0 spiro atoms. The molecular weight excluding hydrogens is 224 g/mol. The van der Waals surface area contributed by atoms with Gasteiger partial charge in [-0.1, -0.05) is 40.0 Å². The second kappa shape index (κ2) is 7.13. The number of hydrogen-bond acceptors (Lipinski definition) is 2. The van der Waals surface area contributed by atoms with Gasteiger partial charge in [-0.15, -0.1) is 0 Å². The second-order valence-electron chi connectivity index (χ2n) is 7.04. The van der Waals surface area contributed by atoms with Gasteiger partial charge < -0.3 is 11.1 Å². The molecule has 3 nitrogen and oxygen atoms in total. The van der Waals surface area contributed by atoms with Gasteiger partial charge in [-0.25, -0.2) is 0 Å². The van der Waals surface area contributed by atoms with Crippen molar-refractivity contribution < 1.29 is 4.79 Å². The number of carbonyl (C=O) groups is 1. The highest BCUT2D eigenvalue weighted by atomic mass is 16.1. The summed E-state index contributed by atoms with van der Waals surface area (Å²) < 4.78 is 0. The van der Waals surface area contributed by atoms with Gasteiger partial charge in [0.15, 0.2) is 0 Å². The lowest BCUT2D eigenvalue weighted by Gasteiger charge is -2.24. The van der Waals surface area contributed by atoms with Crippen molar-refractivity contribution in [3.8, 4) is 0 Å². The molecule has 1 unspecified atom stereocenters. The summed E-state index contributed by atoms with van der Waals surface area (Å²) in [6.07, 6.45) is 7.91. The third kappa shape index (κ3) is 7.00. The van der Waals surface area contributed by atoms with Crippen LogP contribution in [0.4, 0.5) is 0 Å². The molecule has 1 saturated carbocycles. The molecule has 3 N–H and O–H groups in total. The summed E-state index contributed by atoms with van der Waals surface area (Å²) in [6.45, 7) is 7.33. The van der Waals surface area contributed by atoms with E-state index in [9.17, 15) is 4.79 Å². The van der Waals surface area contributed by atoms with Crippen molar-refractivity contribution in [3.05, 3.63) is 0 Å². The van der Waals surface area contributed by atoms with Gasteiger partial charge in [-0.05, 0) is 30.6 Å². The number of carbonyl (C=O) groups excluding carboxylic acids is 1. The zero-order chi connectivity index (χ0) is 13.6. The maximum absolute atomic E-state index is 11.8. The third-order valence-electron chi connectivity index (χ3n) is 3.63. The molecule has 1 aliphatic carbocycles. The van der Waals surface area contributed by atoms with Crippen LogP contribution in [0.25, 0.3) is 0 Å². The monoisotopic (exact) mass is 254 g/mol. The van der Waals surface area contributed by atoms with Crippen LogP contribution in [0, 0.1) is 11.3 Å². The molecule has 1 rings (SSSR count). The van der Waals surface area contributed by atoms with Gasteiger partial charge >= 0.3 is 0 Å². The first-order valence-corrected chi connectivity index (χ1v) is 7.39. The lowest BCUT2D eigenvalue weighted by molar-refractivity contribution is -0.121. The highest BCUT2D eigenvalue weighted by Gasteiger charge is 2.19. The molecule has 0 radical (unpaired) electrons. The number of amides is 1. The van der Waals surface area contributed by atoms with Crippen LogP contribution < -0.4 is 11.1 Å². The van der Waals surface area contributed by atoms with E-state index in [2.05, 4.69) is 26.1 Å². The fourth-order valence-electron chi connectivity index (χ4n) is 2.82. The van der Waals surface area contributed by atoms with E-state index < -0.39 is 0 Å². The molecule has 0 bridgehead atoms. The average molecular weight is 254 g/mol. The minimum Gasteiger partial charge on any atom is -0.356 e. The zero-order valence-corrected chi connectivity index (χ0v) is 12.3. The summed E-state index contributed by atoms with van der Waals surface area (Å²) in [5, 5.41) is 3.05. The molecular formula is C15H30N2O. The third-order valence-corrected chi connectivity index (χ3v) is 3.63. The van der Waals surface area contributed by atoms with Crippen LogP contribution in [-0.2, 0) is 4.79 Å². The van der Waals surface area contributed by atoms with Gasteiger partial charge in [0, 0.05) is 19.0 Å². The Morgan fingerprint density at radius 3 is 2.44 bits per heavy atom. The zero-order valence-electron chi connectivity index (χ0n) is 12.3. The van der Waals surface area contributed by atoms with Crippen LogP contribution in [0.2, 0.25) is 0 Å². The highest BCUT2D eigenvalue weighted by molar-refractivity contribution is 5.76. The van der Waals surface area contributed by atoms with Crippen molar-refractivity contribution in [1.29, 1.82) is 0 Å². The van der Waals surface area contributed by atoms with E-state index in [-0.39, 0.29) is 17.4 Å². The van der Waals surface area contributed by atoms with Gasteiger partial charge in [0.1, 0.15) is 0 Å². The topological polar surface area (TPSA) is 55.1 Å². The summed E-state index contributed by atoms with van der Waals surface area (Å²) in [6, 6.07) is -0.0173. The van der Waals surface area contributed by atoms with Crippen LogP contribution in [0.1, 0.15) is 65.7 Å². The lowest BCUT2D eigenvalue weighted by Crippen LogP contribution is -2.36. The van der Waals surface area contributed by atoms with E-state index in [1.54, 1.807) is 0 Å². The molecule has 18 heavy (non-hydrogen) atoms. The highest BCUT2D eigenvalue weighted by Crippen LogP contribution is 2.23. The Morgan fingerprint density at radius 2 is 1.89 bits per heavy atom. The largest absolute Gasteiger partial charge is 0.356 e. The molecule has 1 fully saturated rings. The second-order valence-corrected chi connectivity index (χ2v) is 7.04. The summed E-state index contributed by atoms with van der Waals surface area (Å²) in [5.41, 5.74) is 6.21. The van der Waals surface area contributed by atoms with Crippen molar-refractivity contribution in [3.63, 3.8) is 0 Å². The van der Waals surface area contributed by atoms with E-state index in [4.69, 9.17) is 5.73 Å². The quantitative estimate of drug-likeness (QED) is 0.792. The molecule has 106 valence electrons. The Balaban J connectivity index is 2.16. The van der Waals surface area contributed by atoms with Crippen LogP contribution in [0.15, 0.2) is 0 Å². The van der Waals surface area contributed by atoms with Crippen LogP contribution >= 0.6 is 0 Å². The normalized spacial score (nSPS) is 19.6. The van der Waals surface area contributed by atoms with E-state index in [1.165, 1.54) is 32.1 Å². The minimum atomic E-state index is -0.0173. The van der Waals surface area contributed by atoms with Gasteiger partial charge in [0.05, 0.1) is 0 Å². The Hall–Kier alpha value is -0.570. The smallest absolute Gasteiger partial charge is 0.221 e. The molecule has 0 heterocycles. The lowest BCUT2D eigenvalue weighted by atomic mass is 9.87. The standard InChI is InChI=1S/C15H30N2O/c1-15(2,3)10-13(16)9-14(18)17-11-12-7-5-4-6-8-12/h12-13H,4-11,16H2,1-3H3,(H,17,18). The van der Waals surface area contributed by atoms with Crippen molar-refractivity contribution in [2.75, 3.05) is 6.54 Å². The van der Waals surface area contributed by atoms with E-state index in [0.717, 1.165) is 13.0 Å². The average Bonchev–Trinajstić information content (AvgIpc) is 2.25. The number of nitrogens with one attached hydrogen (secondary N) is 1. The number of rotatable bonds is 5. The molecule has 3 heteroatoms. The first-order valence-electron chi connectivity index (χ1n) is 7.39. The fourth-order valence-corrected chi connectivity index (χ4v) is 2.82. The van der Waals surface area contributed by atoms with Crippen molar-refractivity contribution in [2.24, 2.45) is 17.1 Å². The predicted molar refractivity (Wildman–Crippen MR) is 76.2 cm³/mol. The molecule has 1 amide bonds. The van der Waals surface area contributed by atoms with Crippen molar-refractivity contribution in [1.82, 2.24) is 5.32 Å². The van der Waals surface area contributed by atoms with Gasteiger partial charge in [0.2, 0.25) is 5.91 Å². The van der Waals surface area contributed by atoms with Crippen LogP contribution in [0.5, 0.6) is 0 Å². The minimum absolute atomic E-state index is 0.0173. The molecule has 0 aromatic heterocycles. The Morgan fingerprint density at radius 1 is 1.28 bits per heavy atom. The van der Waals surface area contributed by atoms with Crippen LogP contribution in [-0.4, -0.2) is 18.5 Å². The van der Waals surface area contributed by atoms with Crippen molar-refractivity contribution in [2.45, 2.75) is 71.8 Å². The first kappa shape index (κ1) is 15.5. The summed E-state index contributed by atoms with van der Waals surface area (Å²) >= 11 is 0. The van der Waals surface area contributed by atoms with Crippen molar-refractivity contribution >= 4 is 5.91 Å². The molecule has 0 saturated heterocycles. The van der Waals surface area contributed by atoms with E-state index in [1.807, 2.05) is 0 Å². The first-order chi connectivity index (χ1) is 8.37. The maximum atomic E-state index is 11.8. The van der Waals surface area contributed by atoms with Gasteiger partial charge in [0.25, 0.3) is 0 Å². The van der Waals surface area contributed by atoms with Crippen LogP contribution in [0.3, 0.4) is 0 Å². The number of hydrogen-bond donors (Lipinski definition) is 2. The Kier molecular flexibility index (Phi) is 6.13. The van der Waals surface area contributed by atoms with Gasteiger partial charge in [-0.2, -0.15) is 0 Å². The molecule has 1 atom stereocenters. The Bertz CT molecular complexity index is 252. The van der Waals surface area contributed by atoms with E-state index >= 15 is 0 Å². The van der Waals surface area contributed by atoms with Gasteiger partial charge in [-0.3, -0.25) is 4.79 Å². The number of nitrogens with two attached hydrogens (primary N) is 1. The summed E-state index contributed by atoms with van der Waals surface area (Å²) in [5.74, 6) is 0.818. The molecule has 0 aromatic rings. The maximum Gasteiger partial charge on any atom is 0.221 e. The predicted octanol–water partition coefficient (Wildman–Crippen LogP) is 2.84.